The van der Waals surface area contributed by atoms with E-state index in [9.17, 15) is 65.5 Å². The van der Waals surface area contributed by atoms with Gasteiger partial charge >= 0.3 is 30.7 Å². The van der Waals surface area contributed by atoms with Crippen molar-refractivity contribution >= 4 is 6.03 Å². The third-order valence-electron chi connectivity index (χ3n) is 2.65. The molecule has 2 atom stereocenters. The van der Waals surface area contributed by atoms with Crippen molar-refractivity contribution in [1.29, 1.82) is 0 Å². The molecule has 0 aromatic heterocycles. The van der Waals surface area contributed by atoms with Crippen molar-refractivity contribution in [2.24, 2.45) is 5.73 Å². The molecule has 0 aliphatic heterocycles. The van der Waals surface area contributed by atoms with Crippen LogP contribution in [0.2, 0.25) is 0 Å². The second kappa shape index (κ2) is 7.97. The fraction of sp³-hybridized carbons (Fsp3) is 0.800. The number of rotatable bonds is 10. The van der Waals surface area contributed by atoms with Gasteiger partial charge in [0.2, 0.25) is 0 Å². The zero-order chi connectivity index (χ0) is 20.9. The molecule has 2 amide bonds. The van der Waals surface area contributed by atoms with Gasteiger partial charge in [-0.05, 0) is 0 Å². The van der Waals surface area contributed by atoms with E-state index in [1.165, 1.54) is 0 Å². The first kappa shape index (κ1) is 21.7. The van der Waals surface area contributed by atoms with Crippen LogP contribution in [-0.4, -0.2) is 65.1 Å². The highest BCUT2D eigenvalue weighted by Gasteiger charge is 2.67. The number of carbonyl (C=O) groups is 1. The van der Waals surface area contributed by atoms with E-state index in [1.807, 2.05) is 0 Å². The van der Waals surface area contributed by atoms with Crippen molar-refractivity contribution in [3.63, 3.8) is 0 Å². The Labute approximate surface area is 137 Å². The molecule has 0 saturated carbocycles. The van der Waals surface area contributed by atoms with Crippen molar-refractivity contribution in [2.75, 3.05) is 0 Å². The van der Waals surface area contributed by atoms with E-state index in [0.717, 1.165) is 0 Å². The first-order valence-corrected chi connectivity index (χ1v) is 5.64. The van der Waals surface area contributed by atoms with Gasteiger partial charge in [-0.1, -0.05) is 0 Å². The van der Waals surface area contributed by atoms with Gasteiger partial charge in [-0.15, -0.1) is 0 Å². The molecule has 21 nitrogen and oxygen atoms in total. The first-order chi connectivity index (χ1) is 11.7. The SMILES string of the molecule is NC(=O)N(C(C([N+](=O)[O-])[N+](=O)[O-])[N+](=O)[O-])C(C([N+](=O)[O-])[N+](=O)[O-])[N+](=O)[O-]. The summed E-state index contributed by atoms with van der Waals surface area (Å²) >= 11 is 0. The van der Waals surface area contributed by atoms with E-state index in [4.69, 9.17) is 0 Å². The lowest BCUT2D eigenvalue weighted by Gasteiger charge is -2.23. The third-order valence-corrected chi connectivity index (χ3v) is 2.65. The maximum atomic E-state index is 11.3. The lowest BCUT2D eigenvalue weighted by Crippen LogP contribution is -2.67. The van der Waals surface area contributed by atoms with E-state index < -0.39 is 65.1 Å². The molecule has 0 aliphatic rings. The molecular weight excluding hydrogens is 380 g/mol. The smallest absolute Gasteiger partial charge is 0.351 e. The average molecular weight is 386 g/mol. The van der Waals surface area contributed by atoms with Gasteiger partial charge in [0.25, 0.3) is 0 Å². The number of nitrogens with two attached hydrogens (primary N) is 1. The number of amides is 2. The standard InChI is InChI=1S/C5H6N8O13/c6-5(14)7(1(8(15)16)3(10(19)20)11(21)22)2(9(17)18)4(12(23)24)13(25)26/h1-4H,(H2,6,14). The van der Waals surface area contributed by atoms with Crippen LogP contribution in [0.5, 0.6) is 0 Å². The Morgan fingerprint density at radius 3 is 0.962 bits per heavy atom. The summed E-state index contributed by atoms with van der Waals surface area (Å²) in [6.45, 7) is 0. The average Bonchev–Trinajstić information content (AvgIpc) is 2.42. The molecule has 2 N–H and O–H groups in total. The van der Waals surface area contributed by atoms with E-state index in [1.54, 1.807) is 0 Å². The normalized spacial score (nSPS) is 12.8. The van der Waals surface area contributed by atoms with Crippen molar-refractivity contribution in [3.05, 3.63) is 60.7 Å². The minimum Gasteiger partial charge on any atom is -0.351 e. The Bertz CT molecular complexity index is 597. The molecule has 2 unspecified atom stereocenters. The number of hydrogen-bond donors (Lipinski definition) is 1. The van der Waals surface area contributed by atoms with Crippen molar-refractivity contribution in [2.45, 2.75) is 24.7 Å². The van der Waals surface area contributed by atoms with E-state index in [2.05, 4.69) is 5.73 Å². The molecule has 0 heterocycles. The van der Waals surface area contributed by atoms with Gasteiger partial charge in [-0.3, -0.25) is 60.7 Å². The minimum absolute atomic E-state index is 1.06. The van der Waals surface area contributed by atoms with Gasteiger partial charge in [-0.2, -0.15) is 4.90 Å². The second-order valence-electron chi connectivity index (χ2n) is 4.11. The number of urea groups is 1. The lowest BCUT2D eigenvalue weighted by molar-refractivity contribution is -0.813. The van der Waals surface area contributed by atoms with Gasteiger partial charge in [0, 0.05) is 0 Å². The number of hydrogen-bond acceptors (Lipinski definition) is 13. The molecule has 0 radical (unpaired) electrons. The van der Waals surface area contributed by atoms with Crippen molar-refractivity contribution in [3.8, 4) is 0 Å². The quantitative estimate of drug-likeness (QED) is 0.227. The second-order valence-corrected chi connectivity index (χ2v) is 4.11. The first-order valence-electron chi connectivity index (χ1n) is 5.64. The third kappa shape index (κ3) is 4.36. The van der Waals surface area contributed by atoms with Crippen LogP contribution < -0.4 is 5.73 Å². The molecule has 0 aromatic rings. The maximum Gasteiger partial charge on any atom is 0.535 e. The summed E-state index contributed by atoms with van der Waals surface area (Å²) in [5, 5.41) is 64.7. The van der Waals surface area contributed by atoms with Crippen molar-refractivity contribution < 1.29 is 34.3 Å². The van der Waals surface area contributed by atoms with Gasteiger partial charge in [0.05, 0.1) is 9.85 Å². The number of nitro groups is 6. The molecule has 0 fully saturated rings. The van der Waals surface area contributed by atoms with E-state index in [0.29, 0.717) is 0 Å². The molecule has 0 rings (SSSR count). The molecule has 26 heavy (non-hydrogen) atoms. The molecule has 21 heteroatoms. The molecule has 0 bridgehead atoms. The Morgan fingerprint density at radius 2 is 0.846 bits per heavy atom. The van der Waals surface area contributed by atoms with Gasteiger partial charge in [-0.25, -0.2) is 4.79 Å². The maximum absolute atomic E-state index is 11.3. The highest BCUT2D eigenvalue weighted by Crippen LogP contribution is 2.18. The van der Waals surface area contributed by atoms with Crippen LogP contribution in [0, 0.1) is 60.7 Å². The van der Waals surface area contributed by atoms with Crippen LogP contribution in [0.1, 0.15) is 0 Å². The Balaban J connectivity index is 6.69. The minimum atomic E-state index is -3.57. The fourth-order valence-corrected chi connectivity index (χ4v) is 1.71. The highest BCUT2D eigenvalue weighted by molar-refractivity contribution is 5.72. The van der Waals surface area contributed by atoms with Gasteiger partial charge in [0.15, 0.2) is 0 Å². The summed E-state index contributed by atoms with van der Waals surface area (Å²) in [5.41, 5.74) is 4.58. The van der Waals surface area contributed by atoms with Crippen LogP contribution in [0.4, 0.5) is 4.79 Å². The number of carbonyl (C=O) groups excluding carboxylic acids is 1. The van der Waals surface area contributed by atoms with Gasteiger partial charge < -0.3 is 5.73 Å². The summed E-state index contributed by atoms with van der Waals surface area (Å²) in [7, 11) is 0. The Hall–Kier alpha value is -4.33. The van der Waals surface area contributed by atoms with Crippen molar-refractivity contribution in [1.82, 2.24) is 4.90 Å². The largest absolute Gasteiger partial charge is 0.535 e. The summed E-state index contributed by atoms with van der Waals surface area (Å²) < 4.78 is 0. The predicted molar refractivity (Wildman–Crippen MR) is 68.5 cm³/mol. The molecule has 0 saturated heterocycles. The van der Waals surface area contributed by atoms with Crippen LogP contribution in [0.3, 0.4) is 0 Å². The molecule has 0 spiro atoms. The molecular formula is C5H6N8O13. The zero-order valence-electron chi connectivity index (χ0n) is 11.8. The topological polar surface area (TPSA) is 305 Å². The monoisotopic (exact) mass is 386 g/mol. The Morgan fingerprint density at radius 1 is 0.615 bits per heavy atom. The van der Waals surface area contributed by atoms with Crippen LogP contribution in [0.25, 0.3) is 0 Å². The number of nitrogens with zero attached hydrogens (tertiary/aromatic N) is 7. The van der Waals surface area contributed by atoms with Crippen LogP contribution in [0.15, 0.2) is 0 Å². The molecule has 0 aromatic carbocycles. The summed E-state index contributed by atoms with van der Waals surface area (Å²) in [5.74, 6) is 0. The summed E-state index contributed by atoms with van der Waals surface area (Å²) in [6.07, 6.45) is -14.3. The summed E-state index contributed by atoms with van der Waals surface area (Å²) in [6, 6.07) is -2.35. The van der Waals surface area contributed by atoms with E-state index in [-0.39, 0.29) is 0 Å². The van der Waals surface area contributed by atoms with Gasteiger partial charge in [0.1, 0.15) is 19.7 Å². The van der Waals surface area contributed by atoms with Crippen LogP contribution in [-0.2, 0) is 0 Å². The summed E-state index contributed by atoms with van der Waals surface area (Å²) in [4.78, 5) is 63.3. The zero-order valence-corrected chi connectivity index (χ0v) is 11.8. The lowest BCUT2D eigenvalue weighted by atomic mass is 10.2. The molecule has 144 valence electrons. The highest BCUT2D eigenvalue weighted by atomic mass is 16.7. The van der Waals surface area contributed by atoms with E-state index >= 15 is 0 Å². The van der Waals surface area contributed by atoms with Crippen LogP contribution >= 0.6 is 0 Å². The fourth-order valence-electron chi connectivity index (χ4n) is 1.71. The Kier molecular flexibility index (Phi) is 6.65. The predicted octanol–water partition coefficient (Wildman–Crippen LogP) is -2.67. The number of primary amides is 1. The molecule has 0 aliphatic carbocycles.